The predicted molar refractivity (Wildman–Crippen MR) is 93.5 cm³/mol. The fourth-order valence-electron chi connectivity index (χ4n) is 2.12. The number of nitrogens with zero attached hydrogens (tertiary/aromatic N) is 2. The van der Waals surface area contributed by atoms with Crippen molar-refractivity contribution in [2.24, 2.45) is 0 Å². The first-order valence-electron chi connectivity index (χ1n) is 7.53. The van der Waals surface area contributed by atoms with E-state index in [1.54, 1.807) is 31.4 Å². The highest BCUT2D eigenvalue weighted by atomic mass is 32.2. The molecule has 0 fully saturated rings. The maximum Gasteiger partial charge on any atom is 0.262 e. The van der Waals surface area contributed by atoms with Crippen LogP contribution in [0.3, 0.4) is 0 Å². The molecule has 0 unspecified atom stereocenters. The summed E-state index contributed by atoms with van der Waals surface area (Å²) >= 11 is 0. The number of carbonyl (C=O) groups is 1. The molecule has 0 saturated carbocycles. The molecule has 7 heteroatoms. The monoisotopic (exact) mass is 347 g/mol. The van der Waals surface area contributed by atoms with E-state index in [0.717, 1.165) is 5.56 Å². The minimum absolute atomic E-state index is 0.0396. The first-order valence-corrected chi connectivity index (χ1v) is 9.01. The Labute approximate surface area is 142 Å². The third-order valence-corrected chi connectivity index (χ3v) is 5.07. The highest BCUT2D eigenvalue weighted by molar-refractivity contribution is 7.92. The van der Waals surface area contributed by atoms with Gasteiger partial charge in [-0.05, 0) is 44.5 Å². The lowest BCUT2D eigenvalue weighted by atomic mass is 10.2. The maximum atomic E-state index is 12.7. The summed E-state index contributed by atoms with van der Waals surface area (Å²) in [4.78, 5) is 18.0. The second-order valence-corrected chi connectivity index (χ2v) is 7.51. The summed E-state index contributed by atoms with van der Waals surface area (Å²) in [6, 6.07) is 7.82. The average Bonchev–Trinajstić information content (AvgIpc) is 2.53. The summed E-state index contributed by atoms with van der Waals surface area (Å²) < 4.78 is 27.9. The standard InChI is InChI=1S/C17H21N3O3S/c1-12(2)20(4)17(21)15-7-5-6-8-16(15)24(22,23)19-14-9-13(3)10-18-11-14/h5-12,19H,1-4H3. The number of rotatable bonds is 5. The van der Waals surface area contributed by atoms with Crippen LogP contribution in [0.1, 0.15) is 29.8 Å². The van der Waals surface area contributed by atoms with Gasteiger partial charge in [0.1, 0.15) is 4.90 Å². The Morgan fingerprint density at radius 2 is 1.88 bits per heavy atom. The normalized spacial score (nSPS) is 11.4. The summed E-state index contributed by atoms with van der Waals surface area (Å²) in [5, 5.41) is 0. The van der Waals surface area contributed by atoms with Gasteiger partial charge in [0.2, 0.25) is 0 Å². The van der Waals surface area contributed by atoms with Crippen molar-refractivity contribution in [1.82, 2.24) is 9.88 Å². The first-order chi connectivity index (χ1) is 11.2. The second kappa shape index (κ2) is 7.00. The molecule has 128 valence electrons. The van der Waals surface area contributed by atoms with E-state index in [2.05, 4.69) is 9.71 Å². The Bertz CT molecular complexity index is 848. The molecule has 2 rings (SSSR count). The lowest BCUT2D eigenvalue weighted by Crippen LogP contribution is -2.34. The number of amides is 1. The molecule has 1 aromatic carbocycles. The van der Waals surface area contributed by atoms with Gasteiger partial charge in [-0.3, -0.25) is 14.5 Å². The predicted octanol–water partition coefficient (Wildman–Crippen LogP) is 2.67. The van der Waals surface area contributed by atoms with E-state index in [0.29, 0.717) is 5.69 Å². The van der Waals surface area contributed by atoms with Crippen molar-refractivity contribution in [3.05, 3.63) is 53.9 Å². The van der Waals surface area contributed by atoms with E-state index in [1.165, 1.54) is 23.2 Å². The van der Waals surface area contributed by atoms with E-state index in [-0.39, 0.29) is 22.4 Å². The first kappa shape index (κ1) is 17.9. The van der Waals surface area contributed by atoms with Crippen LogP contribution in [0.2, 0.25) is 0 Å². The van der Waals surface area contributed by atoms with Crippen molar-refractivity contribution in [1.29, 1.82) is 0 Å². The molecule has 2 aromatic rings. The SMILES string of the molecule is Cc1cncc(NS(=O)(=O)c2ccccc2C(=O)N(C)C(C)C)c1. The molecule has 6 nitrogen and oxygen atoms in total. The summed E-state index contributed by atoms with van der Waals surface area (Å²) in [5.74, 6) is -0.339. The summed E-state index contributed by atoms with van der Waals surface area (Å²) in [5.41, 5.74) is 1.33. The van der Waals surface area contributed by atoms with Crippen molar-refractivity contribution in [2.45, 2.75) is 31.7 Å². The van der Waals surface area contributed by atoms with Gasteiger partial charge in [0.05, 0.1) is 17.4 Å². The Morgan fingerprint density at radius 1 is 1.21 bits per heavy atom. The molecule has 1 amide bonds. The molecular formula is C17H21N3O3S. The van der Waals surface area contributed by atoms with Gasteiger partial charge in [0, 0.05) is 19.3 Å². The van der Waals surface area contributed by atoms with Crippen molar-refractivity contribution >= 4 is 21.6 Å². The molecule has 0 aliphatic rings. The fraction of sp³-hybridized carbons (Fsp3) is 0.294. The van der Waals surface area contributed by atoms with Crippen LogP contribution >= 0.6 is 0 Å². The number of nitrogens with one attached hydrogen (secondary N) is 1. The second-order valence-electron chi connectivity index (χ2n) is 5.86. The van der Waals surface area contributed by atoms with Gasteiger partial charge < -0.3 is 4.90 Å². The van der Waals surface area contributed by atoms with Crippen molar-refractivity contribution in [3.63, 3.8) is 0 Å². The Kier molecular flexibility index (Phi) is 5.23. The molecule has 0 bridgehead atoms. The Hall–Kier alpha value is -2.41. The number of benzene rings is 1. The molecule has 0 aliphatic heterocycles. The van der Waals surface area contributed by atoms with Crippen molar-refractivity contribution in [3.8, 4) is 0 Å². The molecule has 1 aromatic heterocycles. The topological polar surface area (TPSA) is 79.4 Å². The molecule has 0 aliphatic carbocycles. The van der Waals surface area contributed by atoms with Gasteiger partial charge in [-0.15, -0.1) is 0 Å². The molecule has 1 N–H and O–H groups in total. The summed E-state index contributed by atoms with van der Waals surface area (Å²) in [7, 11) is -2.26. The van der Waals surface area contributed by atoms with Gasteiger partial charge in [-0.25, -0.2) is 8.42 Å². The van der Waals surface area contributed by atoms with Crippen LogP contribution in [-0.4, -0.2) is 37.3 Å². The number of carbonyl (C=O) groups excluding carboxylic acids is 1. The van der Waals surface area contributed by atoms with Crippen LogP contribution in [0.15, 0.2) is 47.6 Å². The number of anilines is 1. The summed E-state index contributed by atoms with van der Waals surface area (Å²) in [6.45, 7) is 5.55. The van der Waals surface area contributed by atoms with E-state index in [1.807, 2.05) is 20.8 Å². The zero-order valence-electron chi connectivity index (χ0n) is 14.1. The molecular weight excluding hydrogens is 326 g/mol. The smallest absolute Gasteiger partial charge is 0.262 e. The lowest BCUT2D eigenvalue weighted by Gasteiger charge is -2.22. The molecule has 0 saturated heterocycles. The van der Waals surface area contributed by atoms with Crippen LogP contribution in [0.25, 0.3) is 0 Å². The van der Waals surface area contributed by atoms with E-state index >= 15 is 0 Å². The van der Waals surface area contributed by atoms with E-state index in [4.69, 9.17) is 0 Å². The molecule has 0 radical (unpaired) electrons. The van der Waals surface area contributed by atoms with Gasteiger partial charge in [0.25, 0.3) is 15.9 Å². The number of hydrogen-bond donors (Lipinski definition) is 1. The maximum absolute atomic E-state index is 12.7. The van der Waals surface area contributed by atoms with Gasteiger partial charge in [-0.1, -0.05) is 12.1 Å². The van der Waals surface area contributed by atoms with Crippen molar-refractivity contribution < 1.29 is 13.2 Å². The van der Waals surface area contributed by atoms with Crippen LogP contribution in [0, 0.1) is 6.92 Å². The minimum atomic E-state index is -3.90. The van der Waals surface area contributed by atoms with Crippen LogP contribution < -0.4 is 4.72 Å². The van der Waals surface area contributed by atoms with Gasteiger partial charge in [-0.2, -0.15) is 0 Å². The van der Waals surface area contributed by atoms with Gasteiger partial charge >= 0.3 is 0 Å². The average molecular weight is 347 g/mol. The fourth-order valence-corrected chi connectivity index (χ4v) is 3.36. The quantitative estimate of drug-likeness (QED) is 0.902. The number of aryl methyl sites for hydroxylation is 1. The molecule has 0 spiro atoms. The highest BCUT2D eigenvalue weighted by Crippen LogP contribution is 2.21. The van der Waals surface area contributed by atoms with Crippen LogP contribution in [-0.2, 0) is 10.0 Å². The van der Waals surface area contributed by atoms with Crippen molar-refractivity contribution in [2.75, 3.05) is 11.8 Å². The number of aromatic nitrogens is 1. The lowest BCUT2D eigenvalue weighted by molar-refractivity contribution is 0.0751. The Morgan fingerprint density at radius 3 is 2.50 bits per heavy atom. The number of hydrogen-bond acceptors (Lipinski definition) is 4. The van der Waals surface area contributed by atoms with Crippen LogP contribution in [0.4, 0.5) is 5.69 Å². The van der Waals surface area contributed by atoms with E-state index in [9.17, 15) is 13.2 Å². The third kappa shape index (κ3) is 3.91. The largest absolute Gasteiger partial charge is 0.339 e. The highest BCUT2D eigenvalue weighted by Gasteiger charge is 2.25. The zero-order valence-corrected chi connectivity index (χ0v) is 15.0. The van der Waals surface area contributed by atoms with Crippen LogP contribution in [0.5, 0.6) is 0 Å². The molecule has 1 heterocycles. The number of sulfonamides is 1. The third-order valence-electron chi connectivity index (χ3n) is 3.63. The molecule has 24 heavy (non-hydrogen) atoms. The minimum Gasteiger partial charge on any atom is -0.339 e. The summed E-state index contributed by atoms with van der Waals surface area (Å²) in [6.07, 6.45) is 3.06. The van der Waals surface area contributed by atoms with E-state index < -0.39 is 10.0 Å². The van der Waals surface area contributed by atoms with Gasteiger partial charge in [0.15, 0.2) is 0 Å². The molecule has 0 atom stereocenters. The Balaban J connectivity index is 2.43. The number of pyridine rings is 1. The zero-order chi connectivity index (χ0) is 17.9.